The molecule has 1 amide bonds. The standard InChI is InChI=1S/C25H28F3N3O3S/c1-5-34-22(33)24(25(26,27)28,30-20(32)15-9-7-6-8-10-15)31-21-18(14-29)17-12-11-16(23(2,3)4)13-19(17)35-21/h6-10,16,31H,5,11-13H2,1-4H3,(H,30,32)/t16-,24-/m1/s1. The van der Waals surface area contributed by atoms with Crippen LogP contribution in [-0.2, 0) is 22.4 Å². The molecule has 2 aromatic rings. The molecule has 1 aliphatic rings. The Hall–Kier alpha value is -3.06. The van der Waals surface area contributed by atoms with Crippen LogP contribution in [0.25, 0.3) is 0 Å². The first-order chi connectivity index (χ1) is 16.3. The van der Waals surface area contributed by atoms with Crippen LogP contribution in [0.3, 0.4) is 0 Å². The summed E-state index contributed by atoms with van der Waals surface area (Å²) in [5, 5.41) is 13.7. The number of fused-ring (bicyclic) bond motifs is 1. The molecule has 35 heavy (non-hydrogen) atoms. The second-order valence-corrected chi connectivity index (χ2v) is 10.6. The van der Waals surface area contributed by atoms with Crippen molar-refractivity contribution in [3.63, 3.8) is 0 Å². The van der Waals surface area contributed by atoms with Gasteiger partial charge in [-0.1, -0.05) is 39.0 Å². The number of ether oxygens (including phenoxy) is 1. The fourth-order valence-electron chi connectivity index (χ4n) is 4.16. The molecule has 1 aromatic carbocycles. The molecular weight excluding hydrogens is 479 g/mol. The van der Waals surface area contributed by atoms with E-state index in [1.54, 1.807) is 6.07 Å². The summed E-state index contributed by atoms with van der Waals surface area (Å²) in [7, 11) is 0. The number of hydrogen-bond acceptors (Lipinski definition) is 6. The van der Waals surface area contributed by atoms with E-state index >= 15 is 0 Å². The Bertz CT molecular complexity index is 1130. The van der Waals surface area contributed by atoms with Gasteiger partial charge in [-0.05, 0) is 55.2 Å². The Morgan fingerprint density at radius 3 is 2.40 bits per heavy atom. The van der Waals surface area contributed by atoms with Gasteiger partial charge in [0.15, 0.2) is 0 Å². The lowest BCUT2D eigenvalue weighted by Crippen LogP contribution is -2.69. The molecule has 6 nitrogen and oxygen atoms in total. The second-order valence-electron chi connectivity index (χ2n) is 9.54. The molecule has 2 N–H and O–H groups in total. The Kier molecular flexibility index (Phi) is 7.50. The third-order valence-electron chi connectivity index (χ3n) is 6.25. The third kappa shape index (κ3) is 5.30. The zero-order valence-corrected chi connectivity index (χ0v) is 20.8. The smallest absolute Gasteiger partial charge is 0.441 e. The molecule has 0 bridgehead atoms. The van der Waals surface area contributed by atoms with Crippen molar-refractivity contribution in [2.75, 3.05) is 11.9 Å². The lowest BCUT2D eigenvalue weighted by molar-refractivity contribution is -0.204. The van der Waals surface area contributed by atoms with E-state index in [2.05, 4.69) is 26.1 Å². The maximum absolute atomic E-state index is 14.6. The molecule has 0 unspecified atom stereocenters. The molecule has 1 aliphatic carbocycles. The number of amides is 1. The first-order valence-electron chi connectivity index (χ1n) is 11.3. The summed E-state index contributed by atoms with van der Waals surface area (Å²) in [6.45, 7) is 7.35. The molecule has 3 rings (SSSR count). The summed E-state index contributed by atoms with van der Waals surface area (Å²) in [4.78, 5) is 26.4. The van der Waals surface area contributed by atoms with Gasteiger partial charge in [-0.15, -0.1) is 11.3 Å². The Morgan fingerprint density at radius 1 is 1.20 bits per heavy atom. The van der Waals surface area contributed by atoms with Crippen molar-refractivity contribution in [2.24, 2.45) is 11.3 Å². The van der Waals surface area contributed by atoms with Crippen molar-refractivity contribution >= 4 is 28.2 Å². The fourth-order valence-corrected chi connectivity index (χ4v) is 5.50. The summed E-state index contributed by atoms with van der Waals surface area (Å²) < 4.78 is 48.5. The molecule has 0 spiro atoms. The molecule has 1 heterocycles. The van der Waals surface area contributed by atoms with E-state index in [9.17, 15) is 28.0 Å². The highest BCUT2D eigenvalue weighted by Gasteiger charge is 2.64. The lowest BCUT2D eigenvalue weighted by Gasteiger charge is -2.35. The molecule has 0 aliphatic heterocycles. The third-order valence-corrected chi connectivity index (χ3v) is 7.42. The van der Waals surface area contributed by atoms with Gasteiger partial charge in [0.25, 0.3) is 5.91 Å². The van der Waals surface area contributed by atoms with Gasteiger partial charge >= 0.3 is 17.8 Å². The maximum atomic E-state index is 14.6. The van der Waals surface area contributed by atoms with Gasteiger partial charge in [-0.2, -0.15) is 18.4 Å². The van der Waals surface area contributed by atoms with E-state index < -0.39 is 23.7 Å². The largest absolute Gasteiger partial charge is 0.463 e. The van der Waals surface area contributed by atoms with E-state index in [4.69, 9.17) is 4.74 Å². The highest BCUT2D eigenvalue weighted by Crippen LogP contribution is 2.45. The van der Waals surface area contributed by atoms with Crippen molar-refractivity contribution in [2.45, 2.75) is 58.8 Å². The van der Waals surface area contributed by atoms with Crippen LogP contribution < -0.4 is 10.6 Å². The van der Waals surface area contributed by atoms with Crippen LogP contribution in [0.4, 0.5) is 18.2 Å². The van der Waals surface area contributed by atoms with Gasteiger partial charge in [0, 0.05) is 10.4 Å². The van der Waals surface area contributed by atoms with E-state index in [1.165, 1.54) is 31.2 Å². The number of anilines is 1. The molecule has 188 valence electrons. The number of rotatable bonds is 6. The number of halogens is 3. The zero-order valence-electron chi connectivity index (χ0n) is 20.0. The summed E-state index contributed by atoms with van der Waals surface area (Å²) in [5.74, 6) is -2.53. The number of carbonyl (C=O) groups excluding carboxylic acids is 2. The molecule has 1 aromatic heterocycles. The minimum atomic E-state index is -5.28. The Labute approximate surface area is 206 Å². The quantitative estimate of drug-likeness (QED) is 0.402. The van der Waals surface area contributed by atoms with Crippen molar-refractivity contribution in [1.29, 1.82) is 5.26 Å². The number of thiophene rings is 1. The van der Waals surface area contributed by atoms with Crippen LogP contribution in [-0.4, -0.2) is 30.3 Å². The van der Waals surface area contributed by atoms with Gasteiger partial charge in [0.05, 0.1) is 12.2 Å². The zero-order chi connectivity index (χ0) is 26.0. The maximum Gasteiger partial charge on any atom is 0.441 e. The Balaban J connectivity index is 2.09. The van der Waals surface area contributed by atoms with E-state index in [0.29, 0.717) is 24.3 Å². The predicted molar refractivity (Wildman–Crippen MR) is 127 cm³/mol. The van der Waals surface area contributed by atoms with Crippen LogP contribution in [0, 0.1) is 22.7 Å². The average Bonchev–Trinajstić information content (AvgIpc) is 3.13. The normalized spacial score (nSPS) is 17.5. The summed E-state index contributed by atoms with van der Waals surface area (Å²) in [5.41, 5.74) is -2.91. The highest BCUT2D eigenvalue weighted by atomic mass is 32.1. The molecule has 0 fully saturated rings. The second kappa shape index (κ2) is 9.90. The monoisotopic (exact) mass is 507 g/mol. The van der Waals surface area contributed by atoms with E-state index in [1.807, 2.05) is 11.4 Å². The van der Waals surface area contributed by atoms with Gasteiger partial charge in [-0.25, -0.2) is 4.79 Å². The Morgan fingerprint density at radius 2 is 1.86 bits per heavy atom. The molecule has 2 atom stereocenters. The molecule has 0 radical (unpaired) electrons. The van der Waals surface area contributed by atoms with Gasteiger partial charge < -0.3 is 15.4 Å². The summed E-state index contributed by atoms with van der Waals surface area (Å²) >= 11 is 1.02. The molecular formula is C25H28F3N3O3S. The number of hydrogen-bond donors (Lipinski definition) is 2. The lowest BCUT2D eigenvalue weighted by atomic mass is 9.72. The van der Waals surface area contributed by atoms with Crippen molar-refractivity contribution in [3.05, 3.63) is 51.9 Å². The fraction of sp³-hybridized carbons (Fsp3) is 0.480. The minimum Gasteiger partial charge on any atom is -0.463 e. The van der Waals surface area contributed by atoms with Gasteiger partial charge in [0.1, 0.15) is 11.1 Å². The summed E-state index contributed by atoms with van der Waals surface area (Å²) in [6, 6.07) is 9.27. The first-order valence-corrected chi connectivity index (χ1v) is 12.1. The van der Waals surface area contributed by atoms with Crippen molar-refractivity contribution in [3.8, 4) is 6.07 Å². The topological polar surface area (TPSA) is 91.2 Å². The summed E-state index contributed by atoms with van der Waals surface area (Å²) in [6.07, 6.45) is -3.31. The van der Waals surface area contributed by atoms with Gasteiger partial charge in [0.2, 0.25) is 0 Å². The van der Waals surface area contributed by atoms with Crippen LogP contribution >= 0.6 is 11.3 Å². The van der Waals surface area contributed by atoms with E-state index in [0.717, 1.165) is 22.6 Å². The number of nitrogens with zero attached hydrogens (tertiary/aromatic N) is 1. The van der Waals surface area contributed by atoms with Crippen LogP contribution in [0.2, 0.25) is 0 Å². The highest BCUT2D eigenvalue weighted by molar-refractivity contribution is 7.16. The molecule has 0 saturated carbocycles. The van der Waals surface area contributed by atoms with E-state index in [-0.39, 0.29) is 28.1 Å². The molecule has 10 heteroatoms. The van der Waals surface area contributed by atoms with Gasteiger partial charge in [-0.3, -0.25) is 4.79 Å². The van der Waals surface area contributed by atoms with Crippen LogP contribution in [0.15, 0.2) is 30.3 Å². The van der Waals surface area contributed by atoms with Crippen molar-refractivity contribution in [1.82, 2.24) is 5.32 Å². The predicted octanol–water partition coefficient (Wildman–Crippen LogP) is 5.43. The number of nitriles is 1. The average molecular weight is 508 g/mol. The van der Waals surface area contributed by atoms with Crippen molar-refractivity contribution < 1.29 is 27.5 Å². The first kappa shape index (κ1) is 26.5. The van der Waals surface area contributed by atoms with Crippen LogP contribution in [0.1, 0.15) is 60.5 Å². The minimum absolute atomic E-state index is 0.00754. The van der Waals surface area contributed by atoms with Crippen LogP contribution in [0.5, 0.6) is 0 Å². The number of benzene rings is 1. The number of alkyl halides is 3. The molecule has 0 saturated heterocycles. The SMILES string of the molecule is CCOC(=O)[C@@](NC(=O)c1ccccc1)(Nc1sc2c(c1C#N)CC[C@@H](C(C)(C)C)C2)C(F)(F)F. The number of esters is 1. The number of nitrogens with one attached hydrogen (secondary N) is 2. The number of carbonyl (C=O) groups is 2.